The van der Waals surface area contributed by atoms with E-state index in [4.69, 9.17) is 4.98 Å². The van der Waals surface area contributed by atoms with Crippen LogP contribution in [0.5, 0.6) is 0 Å². The lowest BCUT2D eigenvalue weighted by Gasteiger charge is -2.06. The van der Waals surface area contributed by atoms with E-state index < -0.39 is 0 Å². The van der Waals surface area contributed by atoms with E-state index in [2.05, 4.69) is 46.0 Å². The summed E-state index contributed by atoms with van der Waals surface area (Å²) < 4.78 is 0. The van der Waals surface area contributed by atoms with Gasteiger partial charge in [-0.2, -0.15) is 5.10 Å². The molecule has 1 N–H and O–H groups in total. The Labute approximate surface area is 161 Å². The summed E-state index contributed by atoms with van der Waals surface area (Å²) in [4.78, 5) is 10.6. The fourth-order valence-electron chi connectivity index (χ4n) is 2.58. The highest BCUT2D eigenvalue weighted by molar-refractivity contribution is 7.10. The van der Waals surface area contributed by atoms with Crippen molar-refractivity contribution in [3.05, 3.63) is 87.7 Å². The lowest BCUT2D eigenvalue weighted by atomic mass is 10.2. The van der Waals surface area contributed by atoms with Crippen LogP contribution in [0.4, 0.5) is 5.82 Å². The molecule has 0 unspecified atom stereocenters. The maximum Gasteiger partial charge on any atom is 0.173 e. The first kappa shape index (κ1) is 17.1. The zero-order valence-corrected chi connectivity index (χ0v) is 15.6. The van der Waals surface area contributed by atoms with E-state index in [1.165, 1.54) is 10.4 Å². The number of fused-ring (bicyclic) bond motifs is 1. The molecule has 0 saturated carbocycles. The smallest absolute Gasteiger partial charge is 0.173 e. The number of aryl methyl sites for hydroxylation is 1. The van der Waals surface area contributed by atoms with Crippen LogP contribution in [0.2, 0.25) is 0 Å². The second kappa shape index (κ2) is 7.93. The highest BCUT2D eigenvalue weighted by Gasteiger charge is 2.06. The second-order valence-corrected chi connectivity index (χ2v) is 7.05. The lowest BCUT2D eigenvalue weighted by Crippen LogP contribution is -1.99. The summed E-state index contributed by atoms with van der Waals surface area (Å²) in [5.74, 6) is 0.630. The molecule has 2 aromatic heterocycles. The van der Waals surface area contributed by atoms with Crippen molar-refractivity contribution >= 4 is 46.6 Å². The highest BCUT2D eigenvalue weighted by Crippen LogP contribution is 2.20. The van der Waals surface area contributed by atoms with E-state index in [0.717, 1.165) is 22.3 Å². The number of nitrogens with zero attached hydrogens (tertiary/aromatic N) is 3. The van der Waals surface area contributed by atoms with Gasteiger partial charge in [0.15, 0.2) is 5.82 Å². The van der Waals surface area contributed by atoms with Gasteiger partial charge in [-0.25, -0.2) is 9.97 Å². The third-order valence-corrected chi connectivity index (χ3v) is 4.85. The molecule has 132 valence electrons. The number of benzene rings is 2. The molecule has 0 aliphatic heterocycles. The Morgan fingerprint density at radius 3 is 2.41 bits per heavy atom. The Kier molecular flexibility index (Phi) is 5.03. The van der Waals surface area contributed by atoms with Crippen molar-refractivity contribution in [2.24, 2.45) is 5.10 Å². The average Bonchev–Trinajstić information content (AvgIpc) is 3.21. The van der Waals surface area contributed by atoms with Crippen LogP contribution in [0.15, 0.2) is 71.1 Å². The molecular weight excluding hydrogens is 352 g/mol. The first-order valence-corrected chi connectivity index (χ1v) is 9.50. The van der Waals surface area contributed by atoms with Gasteiger partial charge in [0.1, 0.15) is 5.69 Å². The molecule has 2 heterocycles. The van der Waals surface area contributed by atoms with Crippen LogP contribution in [-0.4, -0.2) is 16.2 Å². The molecule has 4 aromatic rings. The van der Waals surface area contributed by atoms with Gasteiger partial charge in [0.2, 0.25) is 0 Å². The Bertz CT molecular complexity index is 1100. The number of thiophene rings is 1. The standard InChI is InChI=1S/C22H18N4S/c1-16-8-10-17(11-9-16)15-23-26-22-21(13-12-18-5-4-14-27-18)24-19-6-2-3-7-20(19)25-22/h2-15H,1H3,(H,25,26)/b13-12+,23-15?. The molecule has 4 nitrogen and oxygen atoms in total. The Hall–Kier alpha value is -3.31. The largest absolute Gasteiger partial charge is 0.260 e. The molecule has 0 bridgehead atoms. The van der Waals surface area contributed by atoms with Crippen molar-refractivity contribution in [1.29, 1.82) is 0 Å². The van der Waals surface area contributed by atoms with E-state index in [9.17, 15) is 0 Å². The third kappa shape index (κ3) is 4.27. The van der Waals surface area contributed by atoms with Gasteiger partial charge in [0.05, 0.1) is 17.2 Å². The van der Waals surface area contributed by atoms with E-state index in [0.29, 0.717) is 5.82 Å². The van der Waals surface area contributed by atoms with Crippen molar-refractivity contribution in [2.75, 3.05) is 5.43 Å². The van der Waals surface area contributed by atoms with Gasteiger partial charge < -0.3 is 0 Å². The van der Waals surface area contributed by atoms with Crippen LogP contribution in [0.1, 0.15) is 21.7 Å². The summed E-state index contributed by atoms with van der Waals surface area (Å²) in [6.07, 6.45) is 5.79. The van der Waals surface area contributed by atoms with Gasteiger partial charge >= 0.3 is 0 Å². The molecule has 5 heteroatoms. The Balaban J connectivity index is 1.64. The summed E-state index contributed by atoms with van der Waals surface area (Å²) in [7, 11) is 0. The van der Waals surface area contributed by atoms with Crippen LogP contribution in [-0.2, 0) is 0 Å². The van der Waals surface area contributed by atoms with Crippen molar-refractivity contribution in [3.63, 3.8) is 0 Å². The van der Waals surface area contributed by atoms with Gasteiger partial charge in [-0.1, -0.05) is 48.0 Å². The van der Waals surface area contributed by atoms with E-state index in [1.54, 1.807) is 17.6 Å². The number of rotatable bonds is 5. The monoisotopic (exact) mass is 370 g/mol. The van der Waals surface area contributed by atoms with Crippen molar-refractivity contribution < 1.29 is 0 Å². The van der Waals surface area contributed by atoms with Crippen molar-refractivity contribution in [2.45, 2.75) is 6.92 Å². The summed E-state index contributed by atoms with van der Waals surface area (Å²) in [5.41, 5.74) is 7.74. The molecule has 0 spiro atoms. The number of aromatic nitrogens is 2. The molecule has 0 amide bonds. The summed E-state index contributed by atoms with van der Waals surface area (Å²) in [6, 6.07) is 20.1. The van der Waals surface area contributed by atoms with Gasteiger partial charge in [-0.05, 0) is 48.2 Å². The van der Waals surface area contributed by atoms with Gasteiger partial charge in [0, 0.05) is 4.88 Å². The van der Waals surface area contributed by atoms with Crippen LogP contribution in [0.3, 0.4) is 0 Å². The number of nitrogens with one attached hydrogen (secondary N) is 1. The Morgan fingerprint density at radius 1 is 0.889 bits per heavy atom. The maximum atomic E-state index is 4.73. The number of hydrogen-bond donors (Lipinski definition) is 1. The highest BCUT2D eigenvalue weighted by atomic mass is 32.1. The molecule has 0 atom stereocenters. The second-order valence-electron chi connectivity index (χ2n) is 6.08. The quantitative estimate of drug-likeness (QED) is 0.367. The first-order valence-electron chi connectivity index (χ1n) is 8.62. The number of hydrogen-bond acceptors (Lipinski definition) is 5. The minimum Gasteiger partial charge on any atom is -0.260 e. The topological polar surface area (TPSA) is 50.2 Å². The van der Waals surface area contributed by atoms with Gasteiger partial charge in [-0.15, -0.1) is 11.3 Å². The zero-order valence-electron chi connectivity index (χ0n) is 14.8. The lowest BCUT2D eigenvalue weighted by molar-refractivity contribution is 1.20. The van der Waals surface area contributed by atoms with Crippen molar-refractivity contribution in [1.82, 2.24) is 9.97 Å². The predicted molar refractivity (Wildman–Crippen MR) is 115 cm³/mol. The molecular formula is C22H18N4S. The molecule has 0 radical (unpaired) electrons. The van der Waals surface area contributed by atoms with Crippen LogP contribution < -0.4 is 5.43 Å². The fraction of sp³-hybridized carbons (Fsp3) is 0.0455. The minimum atomic E-state index is 0.630. The molecule has 0 aliphatic rings. The molecule has 27 heavy (non-hydrogen) atoms. The van der Waals surface area contributed by atoms with Crippen LogP contribution >= 0.6 is 11.3 Å². The third-order valence-electron chi connectivity index (χ3n) is 4.01. The van der Waals surface area contributed by atoms with Gasteiger partial charge in [-0.3, -0.25) is 5.43 Å². The number of hydrazone groups is 1. The minimum absolute atomic E-state index is 0.630. The number of anilines is 1. The zero-order chi connectivity index (χ0) is 18.5. The molecule has 0 aliphatic carbocycles. The Morgan fingerprint density at radius 2 is 1.67 bits per heavy atom. The van der Waals surface area contributed by atoms with E-state index >= 15 is 0 Å². The number of para-hydroxylation sites is 2. The van der Waals surface area contributed by atoms with Crippen LogP contribution in [0.25, 0.3) is 23.2 Å². The summed E-state index contributed by atoms with van der Waals surface area (Å²) in [6.45, 7) is 2.07. The maximum absolute atomic E-state index is 4.73. The van der Waals surface area contributed by atoms with Gasteiger partial charge in [0.25, 0.3) is 0 Å². The summed E-state index contributed by atoms with van der Waals surface area (Å²) >= 11 is 1.68. The first-order chi connectivity index (χ1) is 13.3. The van der Waals surface area contributed by atoms with E-state index in [-0.39, 0.29) is 0 Å². The van der Waals surface area contributed by atoms with Crippen molar-refractivity contribution in [3.8, 4) is 0 Å². The van der Waals surface area contributed by atoms with E-state index in [1.807, 2.05) is 54.6 Å². The summed E-state index contributed by atoms with van der Waals surface area (Å²) in [5, 5.41) is 6.40. The molecule has 2 aromatic carbocycles. The normalized spacial score (nSPS) is 11.6. The molecule has 0 fully saturated rings. The predicted octanol–water partition coefficient (Wildman–Crippen LogP) is 5.62. The molecule has 4 rings (SSSR count). The SMILES string of the molecule is Cc1ccc(C=NNc2nc3ccccc3nc2/C=C/c2cccs2)cc1. The molecule has 0 saturated heterocycles. The average molecular weight is 370 g/mol. The van der Waals surface area contributed by atoms with Crippen LogP contribution in [0, 0.1) is 6.92 Å². The fourth-order valence-corrected chi connectivity index (χ4v) is 3.20.